The highest BCUT2D eigenvalue weighted by Gasteiger charge is 2.53. The molecule has 0 radical (unpaired) electrons. The van der Waals surface area contributed by atoms with Gasteiger partial charge in [0, 0.05) is 0 Å². The molecule has 21 heavy (non-hydrogen) atoms. The lowest BCUT2D eigenvalue weighted by Gasteiger charge is -2.28. The first-order valence-electron chi connectivity index (χ1n) is 8.28. The fourth-order valence-corrected chi connectivity index (χ4v) is 4.02. The lowest BCUT2D eigenvalue weighted by molar-refractivity contribution is 0.0440. The fourth-order valence-electron chi connectivity index (χ4n) is 4.02. The van der Waals surface area contributed by atoms with Crippen molar-refractivity contribution in [2.45, 2.75) is 66.1 Å². The normalized spacial score (nSPS) is 25.2. The Kier molecular flexibility index (Phi) is 3.52. The van der Waals surface area contributed by atoms with Crippen LogP contribution in [0.5, 0.6) is 0 Å². The van der Waals surface area contributed by atoms with Crippen LogP contribution in [0.2, 0.25) is 0 Å². The quantitative estimate of drug-likeness (QED) is 0.649. The van der Waals surface area contributed by atoms with Crippen LogP contribution in [-0.4, -0.2) is 6.10 Å². The lowest BCUT2D eigenvalue weighted by atomic mass is 9.81. The highest BCUT2D eigenvalue weighted by molar-refractivity contribution is 5.52. The number of hydrogen-bond acceptors (Lipinski definition) is 1. The first-order valence-corrected chi connectivity index (χ1v) is 8.28. The molecule has 0 saturated heterocycles. The Balaban J connectivity index is 1.78. The molecule has 3 rings (SSSR count). The first-order chi connectivity index (χ1) is 9.83. The van der Waals surface area contributed by atoms with Crippen LogP contribution in [0.1, 0.15) is 65.5 Å². The van der Waals surface area contributed by atoms with Gasteiger partial charge in [0.2, 0.25) is 0 Å². The monoisotopic (exact) mass is 284 g/mol. The molecule has 0 heterocycles. The molecule has 0 saturated carbocycles. The van der Waals surface area contributed by atoms with Crippen molar-refractivity contribution in [1.82, 2.24) is 0 Å². The molecule has 2 aliphatic rings. The number of benzene rings is 1. The van der Waals surface area contributed by atoms with Gasteiger partial charge in [-0.2, -0.15) is 0 Å². The van der Waals surface area contributed by atoms with Crippen LogP contribution in [0.3, 0.4) is 0 Å². The van der Waals surface area contributed by atoms with Gasteiger partial charge in [-0.3, -0.25) is 0 Å². The molecule has 0 aromatic heterocycles. The minimum absolute atomic E-state index is 0.162. The predicted octanol–water partition coefficient (Wildman–Crippen LogP) is 5.68. The molecule has 0 amide bonds. The van der Waals surface area contributed by atoms with Crippen molar-refractivity contribution >= 4 is 0 Å². The van der Waals surface area contributed by atoms with Crippen molar-refractivity contribution in [3.8, 4) is 0 Å². The highest BCUT2D eigenvalue weighted by atomic mass is 16.5. The molecule has 1 nitrogen and oxygen atoms in total. The zero-order chi connectivity index (χ0) is 15.3. The van der Waals surface area contributed by atoms with Crippen molar-refractivity contribution < 1.29 is 4.74 Å². The van der Waals surface area contributed by atoms with Gasteiger partial charge in [0.25, 0.3) is 0 Å². The fraction of sp³-hybridized carbons (Fsp3) is 0.600. The number of rotatable bonds is 3. The van der Waals surface area contributed by atoms with Gasteiger partial charge in [-0.25, -0.2) is 0 Å². The summed E-state index contributed by atoms with van der Waals surface area (Å²) in [6, 6.07) is 10.6. The molecular weight excluding hydrogens is 256 g/mol. The van der Waals surface area contributed by atoms with Crippen LogP contribution in [0.15, 0.2) is 41.5 Å². The Morgan fingerprint density at radius 3 is 2.00 bits per heavy atom. The minimum Gasteiger partial charge on any atom is -0.362 e. The van der Waals surface area contributed by atoms with Crippen LogP contribution in [0, 0.1) is 10.8 Å². The average Bonchev–Trinajstić information content (AvgIpc) is 3.15. The van der Waals surface area contributed by atoms with Gasteiger partial charge >= 0.3 is 0 Å². The summed E-state index contributed by atoms with van der Waals surface area (Å²) in [6.45, 7) is 11.7. The summed E-state index contributed by atoms with van der Waals surface area (Å²) in [7, 11) is 0. The molecule has 1 atom stereocenters. The van der Waals surface area contributed by atoms with E-state index in [-0.39, 0.29) is 12.2 Å². The van der Waals surface area contributed by atoms with E-state index in [4.69, 9.17) is 4.74 Å². The zero-order valence-corrected chi connectivity index (χ0v) is 14.1. The summed E-state index contributed by atoms with van der Waals surface area (Å²) in [6.07, 6.45) is 4.35. The summed E-state index contributed by atoms with van der Waals surface area (Å²) in [5.41, 5.74) is 5.07. The van der Waals surface area contributed by atoms with Crippen LogP contribution in [0.4, 0.5) is 0 Å². The van der Waals surface area contributed by atoms with E-state index in [1.165, 1.54) is 24.8 Å². The molecule has 1 unspecified atom stereocenters. The minimum atomic E-state index is 0.162. The maximum Gasteiger partial charge on any atom is 0.102 e. The van der Waals surface area contributed by atoms with Gasteiger partial charge < -0.3 is 4.74 Å². The van der Waals surface area contributed by atoms with E-state index in [1.54, 1.807) is 11.1 Å². The summed E-state index contributed by atoms with van der Waals surface area (Å²) >= 11 is 0. The van der Waals surface area contributed by atoms with Gasteiger partial charge in [-0.1, -0.05) is 64.4 Å². The van der Waals surface area contributed by atoms with Gasteiger partial charge in [0.15, 0.2) is 0 Å². The van der Waals surface area contributed by atoms with E-state index in [2.05, 4.69) is 65.0 Å². The van der Waals surface area contributed by atoms with Gasteiger partial charge in [0.05, 0.1) is 6.10 Å². The van der Waals surface area contributed by atoms with Crippen LogP contribution in [0.25, 0.3) is 0 Å². The third-order valence-corrected chi connectivity index (χ3v) is 5.40. The standard InChI is InChI=1S/C20H28O/c1-14(15-10-7-6-8-11-15)21-18-16-17(18)20(4,5)13-9-12-19(16,2)3/h6-8,10-11,14,18H,9,12-13H2,1-5H3. The Bertz CT molecular complexity index is 524. The predicted molar refractivity (Wildman–Crippen MR) is 88.2 cm³/mol. The van der Waals surface area contributed by atoms with Gasteiger partial charge in [0.1, 0.15) is 6.10 Å². The molecule has 0 bridgehead atoms. The molecule has 1 aromatic rings. The van der Waals surface area contributed by atoms with Crippen molar-refractivity contribution in [2.75, 3.05) is 0 Å². The van der Waals surface area contributed by atoms with E-state index < -0.39 is 0 Å². The van der Waals surface area contributed by atoms with Gasteiger partial charge in [-0.15, -0.1) is 0 Å². The zero-order valence-electron chi connectivity index (χ0n) is 14.1. The van der Waals surface area contributed by atoms with Crippen molar-refractivity contribution in [1.29, 1.82) is 0 Å². The second kappa shape index (κ2) is 4.98. The molecule has 0 spiro atoms. The van der Waals surface area contributed by atoms with Crippen molar-refractivity contribution in [3.63, 3.8) is 0 Å². The Labute approximate surface area is 129 Å². The summed E-state index contributed by atoms with van der Waals surface area (Å²) in [5, 5.41) is 0. The van der Waals surface area contributed by atoms with E-state index in [1.807, 2.05) is 0 Å². The summed E-state index contributed by atoms with van der Waals surface area (Å²) < 4.78 is 6.45. The summed E-state index contributed by atoms with van der Waals surface area (Å²) in [5.74, 6) is 0. The Hall–Kier alpha value is -1.08. The molecule has 0 N–H and O–H groups in total. The van der Waals surface area contributed by atoms with E-state index >= 15 is 0 Å². The molecule has 114 valence electrons. The number of hydrogen-bond donors (Lipinski definition) is 0. The molecule has 2 aliphatic carbocycles. The SMILES string of the molecule is CC(OC1C2=C1C(C)(C)CCCC2(C)C)c1ccccc1. The topological polar surface area (TPSA) is 9.23 Å². The highest BCUT2D eigenvalue weighted by Crippen LogP contribution is 2.60. The lowest BCUT2D eigenvalue weighted by Crippen LogP contribution is -2.20. The maximum absolute atomic E-state index is 6.45. The molecule has 0 fully saturated rings. The third kappa shape index (κ3) is 2.68. The average molecular weight is 284 g/mol. The molecular formula is C20H28O. The molecule has 1 heteroatoms. The van der Waals surface area contributed by atoms with E-state index in [0.717, 1.165) is 0 Å². The van der Waals surface area contributed by atoms with E-state index in [0.29, 0.717) is 10.8 Å². The van der Waals surface area contributed by atoms with Gasteiger partial charge in [-0.05, 0) is 47.3 Å². The van der Waals surface area contributed by atoms with Crippen LogP contribution >= 0.6 is 0 Å². The maximum atomic E-state index is 6.45. The Morgan fingerprint density at radius 1 is 0.952 bits per heavy atom. The van der Waals surface area contributed by atoms with Crippen molar-refractivity contribution in [3.05, 3.63) is 47.0 Å². The molecule has 1 aromatic carbocycles. The van der Waals surface area contributed by atoms with Crippen LogP contribution < -0.4 is 0 Å². The Morgan fingerprint density at radius 2 is 1.48 bits per heavy atom. The van der Waals surface area contributed by atoms with Crippen LogP contribution in [-0.2, 0) is 4.74 Å². The smallest absolute Gasteiger partial charge is 0.102 e. The second-order valence-corrected chi connectivity index (χ2v) is 8.02. The van der Waals surface area contributed by atoms with E-state index in [9.17, 15) is 0 Å². The first kappa shape index (κ1) is 14.8. The summed E-state index contributed by atoms with van der Waals surface area (Å²) in [4.78, 5) is 0. The second-order valence-electron chi connectivity index (χ2n) is 8.02. The number of ether oxygens (including phenoxy) is 1. The van der Waals surface area contributed by atoms with Crippen molar-refractivity contribution in [2.24, 2.45) is 10.8 Å². The third-order valence-electron chi connectivity index (χ3n) is 5.40. The molecule has 0 aliphatic heterocycles. The largest absolute Gasteiger partial charge is 0.362 e.